The number of hydrogen-bond acceptors (Lipinski definition) is 5. The Morgan fingerprint density at radius 3 is 2.38 bits per heavy atom. The second-order valence-electron chi connectivity index (χ2n) is 6.75. The minimum Gasteiger partial charge on any atom is -0.493 e. The van der Waals surface area contributed by atoms with Crippen molar-refractivity contribution in [3.63, 3.8) is 0 Å². The van der Waals surface area contributed by atoms with Gasteiger partial charge in [0.25, 0.3) is 5.56 Å². The van der Waals surface area contributed by atoms with Crippen LogP contribution in [0.25, 0.3) is 10.9 Å². The van der Waals surface area contributed by atoms with Crippen LogP contribution in [-0.2, 0) is 6.54 Å². The quantitative estimate of drug-likeness (QED) is 0.831. The molecule has 0 unspecified atom stereocenters. The summed E-state index contributed by atoms with van der Waals surface area (Å²) in [5.74, 6) is 1.89. The van der Waals surface area contributed by atoms with E-state index in [1.807, 2.05) is 0 Å². The molecular weight excluding hydrogens is 308 g/mol. The first kappa shape index (κ1) is 15.4. The number of ether oxygens (including phenoxy) is 2. The van der Waals surface area contributed by atoms with Gasteiger partial charge in [-0.2, -0.15) is 0 Å². The SMILES string of the molecule is COc1cc2nc(C[N+]34CCN(CC3)CC4)[nH]c(=O)c2cc1OC. The molecule has 2 bridgehead atoms. The van der Waals surface area contributed by atoms with Gasteiger partial charge in [-0.25, -0.2) is 4.98 Å². The number of rotatable bonds is 4. The zero-order chi connectivity index (χ0) is 16.7. The van der Waals surface area contributed by atoms with E-state index in [1.165, 1.54) is 0 Å². The van der Waals surface area contributed by atoms with Crippen molar-refractivity contribution in [1.82, 2.24) is 14.9 Å². The van der Waals surface area contributed by atoms with Crippen LogP contribution in [0.3, 0.4) is 0 Å². The Labute approximate surface area is 140 Å². The fourth-order valence-electron chi connectivity index (χ4n) is 3.88. The van der Waals surface area contributed by atoms with E-state index in [1.54, 1.807) is 26.4 Å². The third-order valence-corrected chi connectivity index (χ3v) is 5.42. The number of methoxy groups -OCH3 is 2. The first-order valence-electron chi connectivity index (χ1n) is 8.35. The third-order valence-electron chi connectivity index (χ3n) is 5.42. The van der Waals surface area contributed by atoms with E-state index >= 15 is 0 Å². The van der Waals surface area contributed by atoms with Gasteiger partial charge in [0.2, 0.25) is 0 Å². The van der Waals surface area contributed by atoms with Gasteiger partial charge < -0.3 is 18.9 Å². The minimum absolute atomic E-state index is 0.121. The summed E-state index contributed by atoms with van der Waals surface area (Å²) < 4.78 is 11.6. The largest absolute Gasteiger partial charge is 0.493 e. The molecule has 3 saturated heterocycles. The normalized spacial score (nSPS) is 25.8. The lowest BCUT2D eigenvalue weighted by Gasteiger charge is -2.50. The fraction of sp³-hybridized carbons (Fsp3) is 0.529. The monoisotopic (exact) mass is 331 g/mol. The van der Waals surface area contributed by atoms with E-state index in [2.05, 4.69) is 9.88 Å². The van der Waals surface area contributed by atoms with Gasteiger partial charge >= 0.3 is 0 Å². The molecule has 3 fully saturated rings. The van der Waals surface area contributed by atoms with Crippen molar-refractivity contribution in [3.8, 4) is 11.5 Å². The Kier molecular flexibility index (Phi) is 3.69. The van der Waals surface area contributed by atoms with Crippen LogP contribution in [-0.4, -0.2) is 72.8 Å². The van der Waals surface area contributed by atoms with Crippen LogP contribution in [0.2, 0.25) is 0 Å². The third kappa shape index (κ3) is 2.53. The van der Waals surface area contributed by atoms with Gasteiger partial charge in [-0.15, -0.1) is 0 Å². The molecule has 1 N–H and O–H groups in total. The van der Waals surface area contributed by atoms with E-state index in [4.69, 9.17) is 14.5 Å². The number of aromatic nitrogens is 2. The van der Waals surface area contributed by atoms with E-state index in [0.29, 0.717) is 22.4 Å². The molecule has 7 nitrogen and oxygen atoms in total. The number of nitrogens with zero attached hydrogens (tertiary/aromatic N) is 3. The average Bonchev–Trinajstić information content (AvgIpc) is 2.62. The molecule has 1 aromatic carbocycles. The lowest BCUT2D eigenvalue weighted by atomic mass is 10.1. The Morgan fingerprint density at radius 1 is 1.12 bits per heavy atom. The Morgan fingerprint density at radius 2 is 1.75 bits per heavy atom. The second kappa shape index (κ2) is 5.75. The molecule has 0 aliphatic carbocycles. The van der Waals surface area contributed by atoms with Crippen molar-refractivity contribution in [3.05, 3.63) is 28.3 Å². The van der Waals surface area contributed by atoms with E-state index in [9.17, 15) is 4.79 Å². The first-order chi connectivity index (χ1) is 11.6. The molecule has 24 heavy (non-hydrogen) atoms. The molecule has 3 aliphatic rings. The molecule has 1 aromatic heterocycles. The zero-order valence-electron chi connectivity index (χ0n) is 14.2. The highest BCUT2D eigenvalue weighted by Crippen LogP contribution is 2.30. The van der Waals surface area contributed by atoms with Gasteiger partial charge in [0.1, 0.15) is 6.54 Å². The number of benzene rings is 1. The Balaban J connectivity index is 1.73. The molecule has 0 saturated carbocycles. The van der Waals surface area contributed by atoms with Crippen molar-refractivity contribution in [1.29, 1.82) is 0 Å². The molecule has 5 rings (SSSR count). The Hall–Kier alpha value is -2.12. The van der Waals surface area contributed by atoms with Crippen LogP contribution >= 0.6 is 0 Å². The topological polar surface area (TPSA) is 67.5 Å². The predicted molar refractivity (Wildman–Crippen MR) is 90.5 cm³/mol. The van der Waals surface area contributed by atoms with Gasteiger partial charge in [0, 0.05) is 25.7 Å². The lowest BCUT2D eigenvalue weighted by Crippen LogP contribution is -2.66. The number of hydrogen-bond donors (Lipinski definition) is 1. The number of nitrogens with one attached hydrogen (secondary N) is 1. The van der Waals surface area contributed by atoms with Crippen LogP contribution in [0, 0.1) is 0 Å². The predicted octanol–water partition coefficient (Wildman–Crippen LogP) is 0.586. The van der Waals surface area contributed by atoms with Crippen LogP contribution in [0.15, 0.2) is 16.9 Å². The number of fused-ring (bicyclic) bond motifs is 4. The molecule has 2 aromatic rings. The molecule has 3 aliphatic heterocycles. The van der Waals surface area contributed by atoms with Crippen molar-refractivity contribution in [2.75, 3.05) is 53.5 Å². The van der Waals surface area contributed by atoms with E-state index < -0.39 is 0 Å². The number of aromatic amines is 1. The highest BCUT2D eigenvalue weighted by molar-refractivity contribution is 5.81. The highest BCUT2D eigenvalue weighted by Gasteiger charge is 2.38. The van der Waals surface area contributed by atoms with E-state index in [-0.39, 0.29) is 5.56 Å². The summed E-state index contributed by atoms with van der Waals surface area (Å²) in [6.07, 6.45) is 0. The van der Waals surface area contributed by atoms with Crippen molar-refractivity contribution in [2.24, 2.45) is 0 Å². The van der Waals surface area contributed by atoms with Gasteiger partial charge in [-0.05, 0) is 6.07 Å². The van der Waals surface area contributed by atoms with Crippen molar-refractivity contribution >= 4 is 10.9 Å². The smallest absolute Gasteiger partial charge is 0.259 e. The summed E-state index contributed by atoms with van der Waals surface area (Å²) in [7, 11) is 3.15. The molecule has 0 radical (unpaired) electrons. The van der Waals surface area contributed by atoms with Gasteiger partial charge in [-0.1, -0.05) is 0 Å². The fourth-order valence-corrected chi connectivity index (χ4v) is 3.88. The molecule has 0 atom stereocenters. The highest BCUT2D eigenvalue weighted by atomic mass is 16.5. The van der Waals surface area contributed by atoms with E-state index in [0.717, 1.165) is 56.1 Å². The maximum atomic E-state index is 12.5. The maximum absolute atomic E-state index is 12.5. The molecule has 0 spiro atoms. The van der Waals surface area contributed by atoms with Crippen LogP contribution in [0.1, 0.15) is 5.82 Å². The summed E-state index contributed by atoms with van der Waals surface area (Å²) in [5.41, 5.74) is 0.532. The number of H-pyrrole nitrogens is 1. The van der Waals surface area contributed by atoms with Crippen molar-refractivity contribution in [2.45, 2.75) is 6.54 Å². The molecular formula is C17H23N4O3+. The first-order valence-corrected chi connectivity index (χ1v) is 8.35. The van der Waals surface area contributed by atoms with Gasteiger partial charge in [0.15, 0.2) is 17.3 Å². The summed E-state index contributed by atoms with van der Waals surface area (Å²) >= 11 is 0. The van der Waals surface area contributed by atoms with Crippen LogP contribution in [0.5, 0.6) is 11.5 Å². The van der Waals surface area contributed by atoms with Crippen molar-refractivity contribution < 1.29 is 14.0 Å². The average molecular weight is 331 g/mol. The van der Waals surface area contributed by atoms with Crippen LogP contribution in [0.4, 0.5) is 0 Å². The Bertz CT molecular complexity index is 811. The molecule has 0 amide bonds. The van der Waals surface area contributed by atoms with Gasteiger partial charge in [-0.3, -0.25) is 9.69 Å². The van der Waals surface area contributed by atoms with Crippen LogP contribution < -0.4 is 15.0 Å². The summed E-state index contributed by atoms with van der Waals surface area (Å²) in [5, 5.41) is 0.528. The summed E-state index contributed by atoms with van der Waals surface area (Å²) in [6.45, 7) is 7.61. The maximum Gasteiger partial charge on any atom is 0.259 e. The minimum atomic E-state index is -0.121. The number of quaternary nitrogens is 1. The van der Waals surface area contributed by atoms with Gasteiger partial charge in [0.05, 0.1) is 44.8 Å². The second-order valence-corrected chi connectivity index (χ2v) is 6.75. The summed E-state index contributed by atoms with van der Waals surface area (Å²) in [4.78, 5) is 22.7. The molecule has 4 heterocycles. The standard InChI is InChI=1S/C17H22N4O3/c1-23-14-9-12-13(10-15(14)24-2)18-16(19-17(12)22)11-21-6-3-20(4-7-21)5-8-21/h9-10H,3-8,11H2,1-2H3/p+1. The zero-order valence-corrected chi connectivity index (χ0v) is 14.2. The lowest BCUT2D eigenvalue weighted by molar-refractivity contribution is -0.953. The summed E-state index contributed by atoms with van der Waals surface area (Å²) in [6, 6.07) is 3.47. The molecule has 7 heteroatoms. The molecule has 128 valence electrons. The number of piperazine rings is 3.